The molecule has 1 aliphatic heterocycles. The van der Waals surface area contributed by atoms with Gasteiger partial charge in [-0.2, -0.15) is 0 Å². The molecule has 4 nitrogen and oxygen atoms in total. The van der Waals surface area contributed by atoms with Crippen LogP contribution in [0.5, 0.6) is 0 Å². The lowest BCUT2D eigenvalue weighted by molar-refractivity contribution is 0.254. The Hall–Kier alpha value is -1.23. The van der Waals surface area contributed by atoms with Gasteiger partial charge < -0.3 is 4.90 Å². The second-order valence-electron chi connectivity index (χ2n) is 4.24. The molecular weight excluding hydrogens is 219 g/mol. The van der Waals surface area contributed by atoms with Crippen LogP contribution in [0.2, 0.25) is 0 Å². The van der Waals surface area contributed by atoms with Crippen molar-refractivity contribution in [3.8, 4) is 0 Å². The Balaban J connectivity index is 1.84. The summed E-state index contributed by atoms with van der Waals surface area (Å²) in [5.74, 6) is 0.242. The quantitative estimate of drug-likeness (QED) is 0.791. The van der Waals surface area contributed by atoms with Crippen LogP contribution in [-0.4, -0.2) is 47.6 Å². The Morgan fingerprint density at radius 2 is 1.82 bits per heavy atom. The predicted molar refractivity (Wildman–Crippen MR) is 65.2 cm³/mol. The summed E-state index contributed by atoms with van der Waals surface area (Å²) >= 11 is 0. The van der Waals surface area contributed by atoms with E-state index in [2.05, 4.69) is 26.7 Å². The summed E-state index contributed by atoms with van der Waals surface area (Å²) in [5, 5.41) is 0. The fraction of sp³-hybridized carbons (Fsp3) is 0.583. The number of aromatic nitrogens is 2. The lowest BCUT2D eigenvalue weighted by Crippen LogP contribution is -2.47. The largest absolute Gasteiger partial charge is 0.338 e. The van der Waals surface area contributed by atoms with E-state index < -0.39 is 0 Å². The van der Waals surface area contributed by atoms with Gasteiger partial charge in [-0.3, -0.25) is 4.90 Å². The van der Waals surface area contributed by atoms with Gasteiger partial charge in [-0.15, -0.1) is 0 Å². The molecule has 1 aromatic heterocycles. The molecule has 2 heterocycles. The zero-order chi connectivity index (χ0) is 12.1. The average Bonchev–Trinajstić information content (AvgIpc) is 2.38. The van der Waals surface area contributed by atoms with Gasteiger partial charge >= 0.3 is 0 Å². The minimum Gasteiger partial charge on any atom is -0.338 e. The molecule has 0 atom stereocenters. The van der Waals surface area contributed by atoms with E-state index in [0.29, 0.717) is 5.95 Å². The molecule has 93 valence electrons. The molecule has 0 bridgehead atoms. The van der Waals surface area contributed by atoms with Crippen molar-refractivity contribution in [3.63, 3.8) is 0 Å². The predicted octanol–water partition coefficient (Wildman–Crippen LogP) is 1.35. The van der Waals surface area contributed by atoms with Gasteiger partial charge in [0, 0.05) is 26.2 Å². The lowest BCUT2D eigenvalue weighted by Gasteiger charge is -2.34. The molecular formula is C12H18FN4. The van der Waals surface area contributed by atoms with Crippen LogP contribution in [0.1, 0.15) is 12.8 Å². The number of hydrogen-bond acceptors (Lipinski definition) is 4. The third-order valence-electron chi connectivity index (χ3n) is 2.99. The van der Waals surface area contributed by atoms with Crippen molar-refractivity contribution in [2.45, 2.75) is 12.8 Å². The number of rotatable bonds is 4. The molecule has 1 aliphatic rings. The zero-order valence-corrected chi connectivity index (χ0v) is 9.98. The van der Waals surface area contributed by atoms with E-state index in [4.69, 9.17) is 0 Å². The van der Waals surface area contributed by atoms with Crippen LogP contribution in [0.15, 0.2) is 12.4 Å². The summed E-state index contributed by atoms with van der Waals surface area (Å²) in [6, 6.07) is 0. The van der Waals surface area contributed by atoms with Gasteiger partial charge in [-0.05, 0) is 13.0 Å². The van der Waals surface area contributed by atoms with E-state index in [1.165, 1.54) is 12.4 Å². The van der Waals surface area contributed by atoms with E-state index in [9.17, 15) is 4.39 Å². The van der Waals surface area contributed by atoms with E-state index >= 15 is 0 Å². The van der Waals surface area contributed by atoms with Gasteiger partial charge in [0.2, 0.25) is 5.95 Å². The monoisotopic (exact) mass is 237 g/mol. The van der Waals surface area contributed by atoms with Crippen molar-refractivity contribution < 1.29 is 4.39 Å². The number of nitrogens with zero attached hydrogens (tertiary/aromatic N) is 4. The number of halogens is 1. The Morgan fingerprint density at radius 3 is 2.41 bits per heavy atom. The van der Waals surface area contributed by atoms with E-state index in [-0.39, 0.29) is 5.82 Å². The fourth-order valence-electron chi connectivity index (χ4n) is 1.98. The maximum atomic E-state index is 12.7. The van der Waals surface area contributed by atoms with Gasteiger partial charge in [0.05, 0.1) is 12.4 Å². The highest BCUT2D eigenvalue weighted by atomic mass is 19.1. The molecule has 1 fully saturated rings. The first-order chi connectivity index (χ1) is 8.29. The molecule has 0 spiro atoms. The molecule has 0 aliphatic carbocycles. The third-order valence-corrected chi connectivity index (χ3v) is 2.99. The van der Waals surface area contributed by atoms with Crippen LogP contribution < -0.4 is 4.90 Å². The summed E-state index contributed by atoms with van der Waals surface area (Å²) in [4.78, 5) is 12.5. The van der Waals surface area contributed by atoms with Crippen LogP contribution in [0, 0.1) is 12.7 Å². The Bertz CT molecular complexity index is 333. The smallest absolute Gasteiger partial charge is 0.225 e. The molecule has 5 heteroatoms. The minimum atomic E-state index is -0.386. The summed E-state index contributed by atoms with van der Waals surface area (Å²) in [7, 11) is 0. The van der Waals surface area contributed by atoms with Gasteiger partial charge in [0.15, 0.2) is 5.82 Å². The Labute approximate surface area is 101 Å². The molecule has 17 heavy (non-hydrogen) atoms. The second kappa shape index (κ2) is 5.91. The SMILES string of the molecule is [CH2]CCCN1CCN(c2ncc(F)cn2)CC1. The van der Waals surface area contributed by atoms with Crippen LogP contribution in [0.3, 0.4) is 0 Å². The minimum absolute atomic E-state index is 0.386. The fourth-order valence-corrected chi connectivity index (χ4v) is 1.98. The van der Waals surface area contributed by atoms with Crippen LogP contribution in [0.25, 0.3) is 0 Å². The molecule has 0 N–H and O–H groups in total. The van der Waals surface area contributed by atoms with Crippen molar-refractivity contribution in [2.75, 3.05) is 37.6 Å². The maximum absolute atomic E-state index is 12.7. The standard InChI is InChI=1S/C12H18FN4/c1-2-3-4-16-5-7-17(8-6-16)12-14-9-11(13)10-15-12/h9-10H,1-8H2. The van der Waals surface area contributed by atoms with Gasteiger partial charge in [-0.25, -0.2) is 14.4 Å². The van der Waals surface area contributed by atoms with E-state index in [0.717, 1.165) is 45.6 Å². The van der Waals surface area contributed by atoms with Gasteiger partial charge in [0.1, 0.15) is 0 Å². The molecule has 0 saturated carbocycles. The highest BCUT2D eigenvalue weighted by molar-refractivity contribution is 5.29. The second-order valence-corrected chi connectivity index (χ2v) is 4.24. The molecule has 0 amide bonds. The Morgan fingerprint density at radius 1 is 1.18 bits per heavy atom. The van der Waals surface area contributed by atoms with Crippen LogP contribution in [0.4, 0.5) is 10.3 Å². The third kappa shape index (κ3) is 3.36. The number of piperazine rings is 1. The van der Waals surface area contributed by atoms with Gasteiger partial charge in [0.25, 0.3) is 0 Å². The van der Waals surface area contributed by atoms with Crippen molar-refractivity contribution in [3.05, 3.63) is 25.1 Å². The lowest BCUT2D eigenvalue weighted by atomic mass is 10.2. The van der Waals surface area contributed by atoms with Crippen molar-refractivity contribution in [1.82, 2.24) is 14.9 Å². The molecule has 2 rings (SSSR count). The molecule has 1 aromatic rings. The highest BCUT2D eigenvalue weighted by Crippen LogP contribution is 2.10. The first-order valence-electron chi connectivity index (χ1n) is 6.03. The maximum Gasteiger partial charge on any atom is 0.225 e. The van der Waals surface area contributed by atoms with Crippen LogP contribution >= 0.6 is 0 Å². The van der Waals surface area contributed by atoms with Gasteiger partial charge in [-0.1, -0.05) is 13.3 Å². The Kier molecular flexibility index (Phi) is 4.25. The normalized spacial score (nSPS) is 17.4. The summed E-state index contributed by atoms with van der Waals surface area (Å²) in [5.41, 5.74) is 0. The molecule has 0 aromatic carbocycles. The van der Waals surface area contributed by atoms with Crippen LogP contribution in [-0.2, 0) is 0 Å². The molecule has 1 saturated heterocycles. The number of unbranched alkanes of at least 4 members (excludes halogenated alkanes) is 1. The molecule has 0 unspecified atom stereocenters. The average molecular weight is 237 g/mol. The van der Waals surface area contributed by atoms with Crippen molar-refractivity contribution >= 4 is 5.95 Å². The number of anilines is 1. The number of hydrogen-bond donors (Lipinski definition) is 0. The van der Waals surface area contributed by atoms with E-state index in [1.54, 1.807) is 0 Å². The topological polar surface area (TPSA) is 32.3 Å². The van der Waals surface area contributed by atoms with Crippen molar-refractivity contribution in [1.29, 1.82) is 0 Å². The van der Waals surface area contributed by atoms with E-state index in [1.807, 2.05) is 0 Å². The highest BCUT2D eigenvalue weighted by Gasteiger charge is 2.18. The molecule has 1 radical (unpaired) electrons. The summed E-state index contributed by atoms with van der Waals surface area (Å²) < 4.78 is 12.7. The zero-order valence-electron chi connectivity index (χ0n) is 9.98. The first kappa shape index (κ1) is 12.2. The summed E-state index contributed by atoms with van der Waals surface area (Å²) in [6.45, 7) is 8.80. The summed E-state index contributed by atoms with van der Waals surface area (Å²) in [6.07, 6.45) is 4.57. The first-order valence-corrected chi connectivity index (χ1v) is 6.03. The van der Waals surface area contributed by atoms with Crippen molar-refractivity contribution in [2.24, 2.45) is 0 Å².